The van der Waals surface area contributed by atoms with Crippen LogP contribution in [-0.4, -0.2) is 36.2 Å². The number of aliphatic hydroxyl groups is 1. The van der Waals surface area contributed by atoms with Gasteiger partial charge in [0.2, 0.25) is 0 Å². The molecule has 0 spiro atoms. The van der Waals surface area contributed by atoms with Gasteiger partial charge < -0.3 is 10.0 Å². The van der Waals surface area contributed by atoms with Crippen LogP contribution in [0.25, 0.3) is 0 Å². The molecule has 5 fully saturated rings. The van der Waals surface area contributed by atoms with Crippen LogP contribution in [0, 0.1) is 23.7 Å². The van der Waals surface area contributed by atoms with Gasteiger partial charge in [0.05, 0.1) is 6.10 Å². The van der Waals surface area contributed by atoms with Gasteiger partial charge >= 0.3 is 0 Å². The molecular formula is C12H21NO. The maximum absolute atomic E-state index is 10.3. The second kappa shape index (κ2) is 2.96. The molecule has 0 aliphatic heterocycles. The minimum absolute atomic E-state index is 0.0368. The minimum atomic E-state index is -0.0368. The highest BCUT2D eigenvalue weighted by atomic mass is 16.3. The SMILES string of the molecule is CN(C)[C@H]1C2CC3CCC2CC3[C@@H]1O. The average Bonchev–Trinajstić information content (AvgIpc) is 2.17. The van der Waals surface area contributed by atoms with Gasteiger partial charge in [-0.05, 0) is 63.5 Å². The van der Waals surface area contributed by atoms with E-state index in [2.05, 4.69) is 19.0 Å². The number of hydrogen-bond donors (Lipinski definition) is 1. The monoisotopic (exact) mass is 195 g/mol. The smallest absolute Gasteiger partial charge is 0.0728 e. The van der Waals surface area contributed by atoms with Gasteiger partial charge in [0.1, 0.15) is 0 Å². The highest BCUT2D eigenvalue weighted by molar-refractivity contribution is 5.06. The van der Waals surface area contributed by atoms with Gasteiger partial charge in [-0.3, -0.25) is 0 Å². The summed E-state index contributed by atoms with van der Waals surface area (Å²) in [6, 6.07) is 0.454. The summed E-state index contributed by atoms with van der Waals surface area (Å²) in [7, 11) is 4.25. The molecule has 0 aromatic heterocycles. The fourth-order valence-electron chi connectivity index (χ4n) is 4.56. The molecule has 5 rings (SSSR count). The molecule has 0 aromatic carbocycles. The van der Waals surface area contributed by atoms with Crippen molar-refractivity contribution in [2.75, 3.05) is 14.1 Å². The predicted molar refractivity (Wildman–Crippen MR) is 55.9 cm³/mol. The van der Waals surface area contributed by atoms with Gasteiger partial charge in [-0.2, -0.15) is 0 Å². The van der Waals surface area contributed by atoms with Crippen molar-refractivity contribution >= 4 is 0 Å². The van der Waals surface area contributed by atoms with Crippen LogP contribution in [0.15, 0.2) is 0 Å². The van der Waals surface area contributed by atoms with Crippen molar-refractivity contribution in [2.45, 2.75) is 37.8 Å². The molecule has 1 N–H and O–H groups in total. The first kappa shape index (κ1) is 9.17. The molecule has 2 nitrogen and oxygen atoms in total. The number of rotatable bonds is 1. The number of fused-ring (bicyclic) bond motifs is 2. The van der Waals surface area contributed by atoms with E-state index in [1.165, 1.54) is 25.7 Å². The lowest BCUT2D eigenvalue weighted by Gasteiger charge is -2.60. The normalized spacial score (nSPS) is 55.7. The van der Waals surface area contributed by atoms with Crippen LogP contribution in [0.1, 0.15) is 25.7 Å². The lowest BCUT2D eigenvalue weighted by atomic mass is 9.50. The zero-order valence-electron chi connectivity index (χ0n) is 9.19. The van der Waals surface area contributed by atoms with Gasteiger partial charge in [-0.15, -0.1) is 0 Å². The van der Waals surface area contributed by atoms with Crippen LogP contribution in [-0.2, 0) is 0 Å². The fourth-order valence-corrected chi connectivity index (χ4v) is 4.56. The Morgan fingerprint density at radius 2 is 1.57 bits per heavy atom. The highest BCUT2D eigenvalue weighted by Crippen LogP contribution is 2.56. The van der Waals surface area contributed by atoms with Crippen LogP contribution in [0.2, 0.25) is 0 Å². The molecule has 2 heteroatoms. The standard InChI is InChI=1S/C12H21NO/c1-13(2)11-9-5-8-4-3-7(9)6-10(8)12(11)14/h7-12,14H,3-6H2,1-2H3/t7?,8?,9?,10?,11-,12-/m0/s1. The summed E-state index contributed by atoms with van der Waals surface area (Å²) in [5, 5.41) is 10.3. The third-order valence-corrected chi connectivity index (χ3v) is 5.09. The summed E-state index contributed by atoms with van der Waals surface area (Å²) < 4.78 is 0. The van der Waals surface area contributed by atoms with Gasteiger partial charge in [0.15, 0.2) is 0 Å². The summed E-state index contributed by atoms with van der Waals surface area (Å²) in [4.78, 5) is 2.26. The van der Waals surface area contributed by atoms with Crippen LogP contribution >= 0.6 is 0 Å². The predicted octanol–water partition coefficient (Wildman–Crippen LogP) is 1.34. The zero-order chi connectivity index (χ0) is 9.87. The van der Waals surface area contributed by atoms with E-state index in [0.717, 1.165) is 17.8 Å². The summed E-state index contributed by atoms with van der Waals surface area (Å²) in [6.45, 7) is 0. The molecule has 5 aliphatic carbocycles. The number of nitrogens with zero attached hydrogens (tertiary/aromatic N) is 1. The molecule has 4 bridgehead atoms. The molecule has 0 heterocycles. The van der Waals surface area contributed by atoms with E-state index in [4.69, 9.17) is 0 Å². The van der Waals surface area contributed by atoms with E-state index >= 15 is 0 Å². The van der Waals surface area contributed by atoms with Gasteiger partial charge in [-0.25, -0.2) is 0 Å². The first-order valence-electron chi connectivity index (χ1n) is 6.03. The molecule has 14 heavy (non-hydrogen) atoms. The van der Waals surface area contributed by atoms with E-state index in [-0.39, 0.29) is 6.10 Å². The Labute approximate surface area is 86.3 Å². The highest BCUT2D eigenvalue weighted by Gasteiger charge is 2.55. The topological polar surface area (TPSA) is 23.5 Å². The molecule has 0 saturated heterocycles. The minimum Gasteiger partial charge on any atom is -0.391 e. The Morgan fingerprint density at radius 3 is 2.07 bits per heavy atom. The second-order valence-electron chi connectivity index (χ2n) is 5.84. The third-order valence-electron chi connectivity index (χ3n) is 5.09. The van der Waals surface area contributed by atoms with Crippen molar-refractivity contribution in [1.29, 1.82) is 0 Å². The first-order valence-corrected chi connectivity index (χ1v) is 6.03. The Kier molecular flexibility index (Phi) is 1.94. The summed E-state index contributed by atoms with van der Waals surface area (Å²) >= 11 is 0. The molecule has 4 unspecified atom stereocenters. The van der Waals surface area contributed by atoms with Crippen LogP contribution in [0.3, 0.4) is 0 Å². The Hall–Kier alpha value is -0.0800. The number of aliphatic hydroxyl groups excluding tert-OH is 1. The second-order valence-corrected chi connectivity index (χ2v) is 5.84. The first-order chi connectivity index (χ1) is 6.68. The summed E-state index contributed by atoms with van der Waals surface area (Å²) in [5.74, 6) is 3.21. The quantitative estimate of drug-likeness (QED) is 0.682. The van der Waals surface area contributed by atoms with Crippen LogP contribution < -0.4 is 0 Å². The largest absolute Gasteiger partial charge is 0.391 e. The third kappa shape index (κ3) is 1.04. The molecule has 6 atom stereocenters. The maximum atomic E-state index is 10.3. The zero-order valence-corrected chi connectivity index (χ0v) is 9.19. The van der Waals surface area contributed by atoms with Gasteiger partial charge in [0, 0.05) is 6.04 Å². The Balaban J connectivity index is 1.91. The van der Waals surface area contributed by atoms with Gasteiger partial charge in [-0.1, -0.05) is 0 Å². The van der Waals surface area contributed by atoms with Crippen molar-refractivity contribution in [3.05, 3.63) is 0 Å². The van der Waals surface area contributed by atoms with Crippen molar-refractivity contribution in [3.8, 4) is 0 Å². The van der Waals surface area contributed by atoms with Crippen LogP contribution in [0.5, 0.6) is 0 Å². The van der Waals surface area contributed by atoms with E-state index in [9.17, 15) is 5.11 Å². The molecule has 5 saturated carbocycles. The lowest BCUT2D eigenvalue weighted by molar-refractivity contribution is -0.149. The number of likely N-dealkylation sites (N-methyl/N-ethyl adjacent to an activating group) is 1. The fraction of sp³-hybridized carbons (Fsp3) is 1.00. The van der Waals surface area contributed by atoms with Gasteiger partial charge in [0.25, 0.3) is 0 Å². The molecule has 5 aliphatic rings. The van der Waals surface area contributed by atoms with Crippen molar-refractivity contribution in [1.82, 2.24) is 4.90 Å². The molecule has 0 amide bonds. The maximum Gasteiger partial charge on any atom is 0.0728 e. The van der Waals surface area contributed by atoms with E-state index in [1.54, 1.807) is 0 Å². The van der Waals surface area contributed by atoms with E-state index < -0.39 is 0 Å². The Morgan fingerprint density at radius 1 is 1.00 bits per heavy atom. The molecule has 80 valence electrons. The molecule has 0 aromatic rings. The average molecular weight is 195 g/mol. The molecule has 0 radical (unpaired) electrons. The van der Waals surface area contributed by atoms with Crippen LogP contribution in [0.4, 0.5) is 0 Å². The Bertz CT molecular complexity index is 240. The van der Waals surface area contributed by atoms with E-state index in [0.29, 0.717) is 12.0 Å². The van der Waals surface area contributed by atoms with Crippen molar-refractivity contribution in [3.63, 3.8) is 0 Å². The molecular weight excluding hydrogens is 174 g/mol. The van der Waals surface area contributed by atoms with Crippen molar-refractivity contribution < 1.29 is 5.11 Å². The lowest BCUT2D eigenvalue weighted by Crippen LogP contribution is -2.62. The summed E-state index contributed by atoms with van der Waals surface area (Å²) in [5.41, 5.74) is 0. The number of hydrogen-bond acceptors (Lipinski definition) is 2. The summed E-state index contributed by atoms with van der Waals surface area (Å²) in [6.07, 6.45) is 5.51. The van der Waals surface area contributed by atoms with E-state index in [1.807, 2.05) is 0 Å². The van der Waals surface area contributed by atoms with Crippen molar-refractivity contribution in [2.24, 2.45) is 23.7 Å².